The molecule has 1 amide bonds. The second-order valence-corrected chi connectivity index (χ2v) is 2.85. The number of thiocarbonyl (C=S) groups is 1. The monoisotopic (exact) mass is 216 g/mol. The van der Waals surface area contributed by atoms with Gasteiger partial charge >= 0.3 is 0 Å². The van der Waals surface area contributed by atoms with Crippen molar-refractivity contribution in [1.82, 2.24) is 0 Å². The first-order valence-electron chi connectivity index (χ1n) is 3.57. The maximum absolute atomic E-state index is 12.9. The van der Waals surface area contributed by atoms with Gasteiger partial charge in [0.25, 0.3) is 5.91 Å². The summed E-state index contributed by atoms with van der Waals surface area (Å²) in [6, 6.07) is 3.21. The molecule has 0 aromatic heterocycles. The molecule has 0 unspecified atom stereocenters. The molecule has 6 heteroatoms. The van der Waals surface area contributed by atoms with Crippen molar-refractivity contribution in [3.05, 3.63) is 29.8 Å². The van der Waals surface area contributed by atoms with E-state index in [1.54, 1.807) is 0 Å². The Morgan fingerprint density at radius 2 is 1.86 bits per heavy atom. The lowest BCUT2D eigenvalue weighted by atomic mass is 10.3. The molecule has 1 rings (SSSR count). The lowest BCUT2D eigenvalue weighted by Gasteiger charge is -2.05. The molecule has 3 N–H and O–H groups in total. The summed E-state index contributed by atoms with van der Waals surface area (Å²) in [6.45, 7) is 0. The number of para-hydroxylation sites is 1. The Bertz CT molecular complexity index is 375. The zero-order valence-corrected chi connectivity index (χ0v) is 7.70. The van der Waals surface area contributed by atoms with Crippen molar-refractivity contribution in [2.24, 2.45) is 5.73 Å². The number of benzene rings is 1. The number of amides is 1. The van der Waals surface area contributed by atoms with E-state index in [0.717, 1.165) is 12.1 Å². The molecule has 14 heavy (non-hydrogen) atoms. The summed E-state index contributed by atoms with van der Waals surface area (Å²) in [7, 11) is 0. The van der Waals surface area contributed by atoms with Gasteiger partial charge in [-0.2, -0.15) is 0 Å². The zero-order chi connectivity index (χ0) is 10.7. The van der Waals surface area contributed by atoms with Gasteiger partial charge in [-0.3, -0.25) is 4.79 Å². The second kappa shape index (κ2) is 4.10. The molecule has 3 nitrogen and oxygen atoms in total. The topological polar surface area (TPSA) is 55.1 Å². The lowest BCUT2D eigenvalue weighted by molar-refractivity contribution is -0.110. The summed E-state index contributed by atoms with van der Waals surface area (Å²) in [5.74, 6) is -2.66. The van der Waals surface area contributed by atoms with Crippen LogP contribution in [0, 0.1) is 11.6 Å². The molecule has 0 bridgehead atoms. The highest BCUT2D eigenvalue weighted by atomic mass is 32.1. The van der Waals surface area contributed by atoms with E-state index in [-0.39, 0.29) is 0 Å². The maximum atomic E-state index is 12.9. The first kappa shape index (κ1) is 10.5. The fraction of sp³-hybridized carbons (Fsp3) is 0. The number of nitrogens with two attached hydrogens (primary N) is 1. The molecule has 74 valence electrons. The van der Waals surface area contributed by atoms with E-state index in [0.29, 0.717) is 0 Å². The summed E-state index contributed by atoms with van der Waals surface area (Å²) in [5.41, 5.74) is 4.41. The first-order chi connectivity index (χ1) is 6.52. The molecule has 0 fully saturated rings. The molecule has 0 heterocycles. The largest absolute Gasteiger partial charge is 0.385 e. The van der Waals surface area contributed by atoms with Crippen LogP contribution < -0.4 is 11.1 Å². The third-order valence-electron chi connectivity index (χ3n) is 1.43. The summed E-state index contributed by atoms with van der Waals surface area (Å²) in [5, 5.41) is 1.92. The van der Waals surface area contributed by atoms with Crippen LogP contribution in [0.25, 0.3) is 0 Å². The number of anilines is 1. The summed E-state index contributed by atoms with van der Waals surface area (Å²) < 4.78 is 25.9. The highest BCUT2D eigenvalue weighted by Crippen LogP contribution is 2.17. The van der Waals surface area contributed by atoms with Crippen molar-refractivity contribution in [2.45, 2.75) is 0 Å². The number of halogens is 2. The molecule has 1 aromatic rings. The van der Waals surface area contributed by atoms with Crippen molar-refractivity contribution in [3.8, 4) is 0 Å². The third kappa shape index (κ3) is 2.23. The fourth-order valence-corrected chi connectivity index (χ4v) is 0.843. The number of carbonyl (C=O) groups is 1. The Kier molecular flexibility index (Phi) is 3.08. The summed E-state index contributed by atoms with van der Waals surface area (Å²) in [6.07, 6.45) is 0. The molecule has 0 saturated carbocycles. The van der Waals surface area contributed by atoms with Crippen LogP contribution >= 0.6 is 12.2 Å². The van der Waals surface area contributed by atoms with Crippen molar-refractivity contribution < 1.29 is 13.6 Å². The van der Waals surface area contributed by atoms with E-state index >= 15 is 0 Å². The normalized spacial score (nSPS) is 9.57. The minimum Gasteiger partial charge on any atom is -0.385 e. The predicted octanol–water partition coefficient (Wildman–Crippen LogP) is 1.19. The average Bonchev–Trinajstić information content (AvgIpc) is 2.11. The van der Waals surface area contributed by atoms with Crippen molar-refractivity contribution in [2.75, 3.05) is 5.32 Å². The molecular formula is C8H6F2N2OS. The molecule has 0 atom stereocenters. The van der Waals surface area contributed by atoms with Gasteiger partial charge in [0.15, 0.2) is 4.99 Å². The van der Waals surface area contributed by atoms with Crippen LogP contribution in [-0.2, 0) is 4.79 Å². The maximum Gasteiger partial charge on any atom is 0.282 e. The number of hydrogen-bond donors (Lipinski definition) is 2. The van der Waals surface area contributed by atoms with Crippen molar-refractivity contribution in [1.29, 1.82) is 0 Å². The molecule has 1 aromatic carbocycles. The summed E-state index contributed by atoms with van der Waals surface area (Å²) in [4.78, 5) is 10.4. The van der Waals surface area contributed by atoms with Crippen LogP contribution in [0.15, 0.2) is 18.2 Å². The number of rotatable bonds is 1. The quantitative estimate of drug-likeness (QED) is 0.693. The Morgan fingerprint density at radius 1 is 1.36 bits per heavy atom. The van der Waals surface area contributed by atoms with Crippen LogP contribution in [0.3, 0.4) is 0 Å². The zero-order valence-electron chi connectivity index (χ0n) is 6.88. The Morgan fingerprint density at radius 3 is 2.29 bits per heavy atom. The SMILES string of the molecule is NC(=S)C(=O)Nc1c(F)cccc1F. The highest BCUT2D eigenvalue weighted by Gasteiger charge is 2.12. The van der Waals surface area contributed by atoms with Crippen LogP contribution in [0.2, 0.25) is 0 Å². The van der Waals surface area contributed by atoms with E-state index in [1.807, 2.05) is 5.32 Å². The Hall–Kier alpha value is -1.56. The third-order valence-corrected chi connectivity index (χ3v) is 1.61. The smallest absolute Gasteiger partial charge is 0.282 e. The Labute approximate surface area is 83.9 Å². The van der Waals surface area contributed by atoms with Crippen LogP contribution in [0.4, 0.5) is 14.5 Å². The lowest BCUT2D eigenvalue weighted by Crippen LogP contribution is -2.28. The van der Waals surface area contributed by atoms with Gasteiger partial charge in [0.05, 0.1) is 0 Å². The van der Waals surface area contributed by atoms with Gasteiger partial charge in [0.2, 0.25) is 0 Å². The number of hydrogen-bond acceptors (Lipinski definition) is 2. The van der Waals surface area contributed by atoms with Crippen LogP contribution in [-0.4, -0.2) is 10.9 Å². The molecule has 0 radical (unpaired) electrons. The van der Waals surface area contributed by atoms with Gasteiger partial charge in [-0.1, -0.05) is 18.3 Å². The van der Waals surface area contributed by atoms with Crippen LogP contribution in [0.5, 0.6) is 0 Å². The van der Waals surface area contributed by atoms with E-state index in [4.69, 9.17) is 5.73 Å². The molecule has 0 aliphatic heterocycles. The summed E-state index contributed by atoms with van der Waals surface area (Å²) >= 11 is 4.32. The minimum absolute atomic E-state index is 0.479. The molecule has 0 aliphatic rings. The van der Waals surface area contributed by atoms with Gasteiger partial charge < -0.3 is 11.1 Å². The predicted molar refractivity (Wildman–Crippen MR) is 51.8 cm³/mol. The van der Waals surface area contributed by atoms with Crippen molar-refractivity contribution in [3.63, 3.8) is 0 Å². The molecular weight excluding hydrogens is 210 g/mol. The fourth-order valence-electron chi connectivity index (χ4n) is 0.792. The van der Waals surface area contributed by atoms with Gasteiger partial charge in [-0.15, -0.1) is 0 Å². The van der Waals surface area contributed by atoms with E-state index in [1.165, 1.54) is 6.07 Å². The standard InChI is InChI=1S/C8H6F2N2OS/c9-4-2-1-3-5(10)6(4)12-8(13)7(11)14/h1-3H,(H2,11,14)(H,12,13). The van der Waals surface area contributed by atoms with Crippen molar-refractivity contribution >= 4 is 28.8 Å². The van der Waals surface area contributed by atoms with Gasteiger partial charge in [0, 0.05) is 0 Å². The number of nitrogens with one attached hydrogen (secondary N) is 1. The van der Waals surface area contributed by atoms with E-state index < -0.39 is 28.2 Å². The first-order valence-corrected chi connectivity index (χ1v) is 3.98. The average molecular weight is 216 g/mol. The minimum atomic E-state index is -0.899. The van der Waals surface area contributed by atoms with E-state index in [2.05, 4.69) is 12.2 Å². The molecule has 0 saturated heterocycles. The Balaban J connectivity index is 2.97. The van der Waals surface area contributed by atoms with Gasteiger partial charge in [-0.25, -0.2) is 8.78 Å². The molecule has 0 aliphatic carbocycles. The second-order valence-electron chi connectivity index (χ2n) is 2.42. The van der Waals surface area contributed by atoms with E-state index in [9.17, 15) is 13.6 Å². The van der Waals surface area contributed by atoms with Crippen LogP contribution in [0.1, 0.15) is 0 Å². The molecule has 0 spiro atoms. The van der Waals surface area contributed by atoms with Gasteiger partial charge in [0.1, 0.15) is 17.3 Å². The van der Waals surface area contributed by atoms with Gasteiger partial charge in [-0.05, 0) is 12.1 Å². The highest BCUT2D eigenvalue weighted by molar-refractivity contribution is 7.82. The number of carbonyl (C=O) groups excluding carboxylic acids is 1.